The van der Waals surface area contributed by atoms with Crippen molar-refractivity contribution >= 4 is 27.4 Å². The highest BCUT2D eigenvalue weighted by molar-refractivity contribution is 7.86. The molecule has 0 spiro atoms. The van der Waals surface area contributed by atoms with E-state index in [2.05, 4.69) is 11.1 Å². The third kappa shape index (κ3) is 4.38. The summed E-state index contributed by atoms with van der Waals surface area (Å²) in [7, 11) is -4.57. The van der Waals surface area contributed by atoms with Crippen LogP contribution in [0.3, 0.4) is 0 Å². The number of carbonyl (C=O) groups is 1. The van der Waals surface area contributed by atoms with Crippen LogP contribution in [-0.4, -0.2) is 35.6 Å². The molecule has 1 radical (unpaired) electrons. The number of thiazole rings is 1. The van der Waals surface area contributed by atoms with Gasteiger partial charge in [0.25, 0.3) is 10.1 Å². The lowest BCUT2D eigenvalue weighted by molar-refractivity contribution is -0.139. The van der Waals surface area contributed by atoms with Crippen LogP contribution in [0.25, 0.3) is 21.7 Å². The highest BCUT2D eigenvalue weighted by atomic mass is 32.2. The normalized spacial score (nSPS) is 11.4. The highest BCUT2D eigenvalue weighted by Gasteiger charge is 2.20. The number of benzene rings is 2. The van der Waals surface area contributed by atoms with Crippen molar-refractivity contribution in [1.82, 2.24) is 4.98 Å². The van der Waals surface area contributed by atoms with E-state index in [9.17, 15) is 17.8 Å². The summed E-state index contributed by atoms with van der Waals surface area (Å²) in [6.45, 7) is 3.25. The van der Waals surface area contributed by atoms with Crippen molar-refractivity contribution in [2.24, 2.45) is 0 Å². The van der Waals surface area contributed by atoms with Crippen molar-refractivity contribution in [1.29, 1.82) is 0 Å². The zero-order chi connectivity index (χ0) is 20.5. The van der Waals surface area contributed by atoms with Crippen molar-refractivity contribution in [3.8, 4) is 27.4 Å². The van der Waals surface area contributed by atoms with Crippen molar-refractivity contribution in [3.05, 3.63) is 53.0 Å². The lowest BCUT2D eigenvalue weighted by Crippen LogP contribution is -2.09. The lowest BCUT2D eigenvalue weighted by atomic mass is 10.0. The number of carboxylic acids is 1. The molecule has 0 aliphatic rings. The van der Waals surface area contributed by atoms with Gasteiger partial charge in [0.2, 0.25) is 0 Å². The summed E-state index contributed by atoms with van der Waals surface area (Å²) in [4.78, 5) is 15.7. The van der Waals surface area contributed by atoms with Gasteiger partial charge in [0, 0.05) is 22.1 Å². The SMILES string of the molecule is Cc1nc(-c2[c]c(S(=O)(=O)O)c(-c3cccc(OCC(=O)O)c3)cc2)sc1C. The van der Waals surface area contributed by atoms with Crippen molar-refractivity contribution in [2.45, 2.75) is 18.7 Å². The third-order valence-corrected chi connectivity index (χ3v) is 5.88. The Morgan fingerprint density at radius 1 is 1.25 bits per heavy atom. The first-order valence-electron chi connectivity index (χ1n) is 8.08. The van der Waals surface area contributed by atoms with E-state index in [4.69, 9.17) is 9.84 Å². The Morgan fingerprint density at radius 3 is 2.61 bits per heavy atom. The summed E-state index contributed by atoms with van der Waals surface area (Å²) in [5.41, 5.74) is 1.95. The number of ether oxygens (including phenoxy) is 1. The van der Waals surface area contributed by atoms with Gasteiger partial charge < -0.3 is 9.84 Å². The molecule has 0 unspecified atom stereocenters. The van der Waals surface area contributed by atoms with E-state index in [0.29, 0.717) is 16.1 Å². The zero-order valence-corrected chi connectivity index (χ0v) is 16.6. The van der Waals surface area contributed by atoms with Crippen molar-refractivity contribution in [3.63, 3.8) is 0 Å². The second kappa shape index (κ2) is 7.70. The molecular weight excluding hydrogens is 402 g/mol. The molecule has 0 fully saturated rings. The molecule has 3 aromatic rings. The molecule has 2 N–H and O–H groups in total. The smallest absolute Gasteiger partial charge is 0.341 e. The molecule has 0 aliphatic heterocycles. The fraction of sp³-hybridized carbons (Fsp3) is 0.158. The van der Waals surface area contributed by atoms with Gasteiger partial charge in [0.05, 0.1) is 5.69 Å². The monoisotopic (exact) mass is 418 g/mol. The predicted molar refractivity (Wildman–Crippen MR) is 104 cm³/mol. The van der Waals surface area contributed by atoms with Gasteiger partial charge in [-0.25, -0.2) is 9.78 Å². The van der Waals surface area contributed by atoms with E-state index in [1.54, 1.807) is 30.3 Å². The summed E-state index contributed by atoms with van der Waals surface area (Å²) >= 11 is 1.41. The van der Waals surface area contributed by atoms with Crippen molar-refractivity contribution in [2.75, 3.05) is 6.61 Å². The number of carboxylic acid groups (broad SMARTS) is 1. The molecular formula is C19H16NO6S2. The summed E-state index contributed by atoms with van der Waals surface area (Å²) in [6.07, 6.45) is 0. The van der Waals surface area contributed by atoms with Crippen LogP contribution >= 0.6 is 11.3 Å². The molecule has 9 heteroatoms. The van der Waals surface area contributed by atoms with Gasteiger partial charge >= 0.3 is 5.97 Å². The first-order valence-corrected chi connectivity index (χ1v) is 10.3. The molecule has 1 aromatic heterocycles. The molecule has 2 aromatic carbocycles. The Balaban J connectivity index is 2.09. The molecule has 0 aliphatic carbocycles. The van der Waals surface area contributed by atoms with Crippen LogP contribution in [-0.2, 0) is 14.9 Å². The Bertz CT molecular complexity index is 1130. The van der Waals surface area contributed by atoms with E-state index in [-0.39, 0.29) is 16.2 Å². The topological polar surface area (TPSA) is 114 Å². The van der Waals surface area contributed by atoms with Gasteiger partial charge in [0.1, 0.15) is 15.7 Å². The summed E-state index contributed by atoms with van der Waals surface area (Å²) in [5, 5.41) is 9.33. The number of aromatic nitrogens is 1. The minimum Gasteiger partial charge on any atom is -0.482 e. The van der Waals surface area contributed by atoms with Gasteiger partial charge in [-0.05, 0) is 31.5 Å². The van der Waals surface area contributed by atoms with Crippen LogP contribution in [0.15, 0.2) is 41.3 Å². The first-order chi connectivity index (χ1) is 13.1. The van der Waals surface area contributed by atoms with Gasteiger partial charge in [-0.2, -0.15) is 8.42 Å². The molecule has 7 nitrogen and oxygen atoms in total. The highest BCUT2D eigenvalue weighted by Crippen LogP contribution is 2.34. The predicted octanol–water partition coefficient (Wildman–Crippen LogP) is 3.60. The van der Waals surface area contributed by atoms with E-state index >= 15 is 0 Å². The Kier molecular flexibility index (Phi) is 5.50. The minimum absolute atomic E-state index is 0.219. The standard InChI is InChI=1S/C19H16NO6S2/c1-11-12(2)27-19(20-11)14-6-7-16(17(9-14)28(23,24)25)13-4-3-5-15(8-13)26-10-18(21)22/h3-8H,10H2,1-2H3,(H,21,22)(H,23,24,25). The van der Waals surface area contributed by atoms with Gasteiger partial charge in [0.15, 0.2) is 6.61 Å². The van der Waals surface area contributed by atoms with Crippen LogP contribution in [0.5, 0.6) is 5.75 Å². The maximum Gasteiger partial charge on any atom is 0.341 e. The van der Waals surface area contributed by atoms with Crippen LogP contribution in [0.4, 0.5) is 0 Å². The van der Waals surface area contributed by atoms with Gasteiger partial charge in [-0.3, -0.25) is 4.55 Å². The average Bonchev–Trinajstić information content (AvgIpc) is 2.98. The molecule has 0 bridgehead atoms. The fourth-order valence-electron chi connectivity index (χ4n) is 2.52. The second-order valence-electron chi connectivity index (χ2n) is 5.96. The molecule has 145 valence electrons. The quantitative estimate of drug-likeness (QED) is 0.588. The Morgan fingerprint density at radius 2 is 2.00 bits per heavy atom. The van der Waals surface area contributed by atoms with E-state index in [1.165, 1.54) is 17.4 Å². The number of hydrogen-bond acceptors (Lipinski definition) is 6. The number of rotatable bonds is 6. The maximum absolute atomic E-state index is 12.0. The van der Waals surface area contributed by atoms with Crippen molar-refractivity contribution < 1.29 is 27.6 Å². The molecule has 0 amide bonds. The third-order valence-electron chi connectivity index (χ3n) is 3.93. The molecule has 1 heterocycles. The number of aliphatic carboxylic acids is 1. The van der Waals surface area contributed by atoms with E-state index in [1.807, 2.05) is 13.8 Å². The largest absolute Gasteiger partial charge is 0.482 e. The number of hydrogen-bond donors (Lipinski definition) is 2. The summed E-state index contributed by atoms with van der Waals surface area (Å²) < 4.78 is 38.8. The number of aryl methyl sites for hydroxylation is 2. The maximum atomic E-state index is 12.0. The molecule has 0 atom stereocenters. The van der Waals surface area contributed by atoms with Crippen LogP contribution in [0.2, 0.25) is 0 Å². The lowest BCUT2D eigenvalue weighted by Gasteiger charge is -2.10. The number of nitrogens with zero attached hydrogens (tertiary/aromatic N) is 1. The van der Waals surface area contributed by atoms with Crippen LogP contribution in [0, 0.1) is 19.9 Å². The van der Waals surface area contributed by atoms with Crippen LogP contribution in [0.1, 0.15) is 10.6 Å². The summed E-state index contributed by atoms with van der Waals surface area (Å²) in [6, 6.07) is 12.3. The van der Waals surface area contributed by atoms with E-state index < -0.39 is 22.7 Å². The second-order valence-corrected chi connectivity index (χ2v) is 8.52. The Hall–Kier alpha value is -2.75. The first kappa shape index (κ1) is 20.0. The summed E-state index contributed by atoms with van der Waals surface area (Å²) in [5.74, 6) is -0.868. The van der Waals surface area contributed by atoms with Crippen LogP contribution < -0.4 is 4.74 Å². The molecule has 0 saturated carbocycles. The molecule has 3 rings (SSSR count). The molecule has 0 saturated heterocycles. The fourth-order valence-corrected chi connectivity index (χ4v) is 4.11. The molecule has 28 heavy (non-hydrogen) atoms. The van der Waals surface area contributed by atoms with Gasteiger partial charge in [-0.1, -0.05) is 24.3 Å². The van der Waals surface area contributed by atoms with E-state index in [0.717, 1.165) is 10.6 Å². The van der Waals surface area contributed by atoms with Gasteiger partial charge in [-0.15, -0.1) is 11.3 Å². The zero-order valence-electron chi connectivity index (χ0n) is 15.0. The Labute approximate surface area is 166 Å². The average molecular weight is 418 g/mol. The minimum atomic E-state index is -4.57.